The molecule has 5 heteroatoms. The maximum absolute atomic E-state index is 11.7. The minimum atomic E-state index is -0.297. The number of aromatic nitrogens is 3. The molecule has 0 radical (unpaired) electrons. The molecule has 2 aromatic heterocycles. The van der Waals surface area contributed by atoms with Crippen molar-refractivity contribution < 1.29 is 0 Å². The number of hydrogen-bond donors (Lipinski definition) is 1. The number of nitrogens with zero attached hydrogens (tertiary/aromatic N) is 3. The van der Waals surface area contributed by atoms with Crippen molar-refractivity contribution in [1.29, 1.82) is 0 Å². The van der Waals surface area contributed by atoms with E-state index in [1.54, 1.807) is 6.07 Å². The molecule has 0 aliphatic carbocycles. The molecule has 5 nitrogen and oxygen atoms in total. The SMILES string of the molecule is CCNc1nc(=O)n2c(C)cccc2n1. The molecule has 0 saturated carbocycles. The number of hydrogen-bond acceptors (Lipinski definition) is 4. The van der Waals surface area contributed by atoms with E-state index < -0.39 is 0 Å². The van der Waals surface area contributed by atoms with Gasteiger partial charge in [-0.2, -0.15) is 9.97 Å². The van der Waals surface area contributed by atoms with Crippen molar-refractivity contribution in [3.05, 3.63) is 34.4 Å². The van der Waals surface area contributed by atoms with Crippen molar-refractivity contribution in [1.82, 2.24) is 14.4 Å². The van der Waals surface area contributed by atoms with E-state index in [4.69, 9.17) is 0 Å². The highest BCUT2D eigenvalue weighted by Crippen LogP contribution is 2.03. The van der Waals surface area contributed by atoms with Gasteiger partial charge < -0.3 is 5.32 Å². The van der Waals surface area contributed by atoms with Crippen molar-refractivity contribution in [3.63, 3.8) is 0 Å². The van der Waals surface area contributed by atoms with Gasteiger partial charge in [-0.1, -0.05) is 6.07 Å². The summed E-state index contributed by atoms with van der Waals surface area (Å²) >= 11 is 0. The highest BCUT2D eigenvalue weighted by Gasteiger charge is 2.03. The van der Waals surface area contributed by atoms with Gasteiger partial charge in [0, 0.05) is 12.2 Å². The summed E-state index contributed by atoms with van der Waals surface area (Å²) in [6.07, 6.45) is 0. The highest BCUT2D eigenvalue weighted by molar-refractivity contribution is 5.43. The standard InChI is InChI=1S/C10H12N4O/c1-3-11-9-12-8-6-4-5-7(2)14(8)10(15)13-9/h4-6H,3H2,1-2H3,(H,11,13,15). The van der Waals surface area contributed by atoms with Crippen molar-refractivity contribution in [2.24, 2.45) is 0 Å². The average molecular weight is 204 g/mol. The summed E-state index contributed by atoms with van der Waals surface area (Å²) in [4.78, 5) is 19.7. The summed E-state index contributed by atoms with van der Waals surface area (Å²) in [7, 11) is 0. The van der Waals surface area contributed by atoms with Crippen LogP contribution in [0.25, 0.3) is 5.65 Å². The molecule has 2 rings (SSSR count). The third-order valence-corrected chi connectivity index (χ3v) is 2.11. The van der Waals surface area contributed by atoms with Crippen LogP contribution < -0.4 is 11.0 Å². The number of rotatable bonds is 2. The van der Waals surface area contributed by atoms with Gasteiger partial charge in [-0.05, 0) is 26.0 Å². The van der Waals surface area contributed by atoms with Crippen molar-refractivity contribution in [2.75, 3.05) is 11.9 Å². The molecule has 78 valence electrons. The van der Waals surface area contributed by atoms with Gasteiger partial charge in [0.15, 0.2) is 0 Å². The van der Waals surface area contributed by atoms with E-state index in [2.05, 4.69) is 15.3 Å². The Morgan fingerprint density at radius 2 is 2.20 bits per heavy atom. The van der Waals surface area contributed by atoms with Crippen molar-refractivity contribution in [2.45, 2.75) is 13.8 Å². The van der Waals surface area contributed by atoms with E-state index >= 15 is 0 Å². The molecule has 1 N–H and O–H groups in total. The van der Waals surface area contributed by atoms with Crippen LogP contribution >= 0.6 is 0 Å². The molecule has 0 unspecified atom stereocenters. The summed E-state index contributed by atoms with van der Waals surface area (Å²) in [6.45, 7) is 4.48. The van der Waals surface area contributed by atoms with Crippen LogP contribution in [-0.4, -0.2) is 20.9 Å². The zero-order valence-electron chi connectivity index (χ0n) is 8.69. The van der Waals surface area contributed by atoms with E-state index in [1.165, 1.54) is 4.40 Å². The third kappa shape index (κ3) is 1.68. The normalized spacial score (nSPS) is 10.5. The molecule has 15 heavy (non-hydrogen) atoms. The second-order valence-electron chi connectivity index (χ2n) is 3.22. The fourth-order valence-electron chi connectivity index (χ4n) is 1.45. The molecule has 0 aliphatic heterocycles. The fourth-order valence-corrected chi connectivity index (χ4v) is 1.45. The molecule has 0 fully saturated rings. The van der Waals surface area contributed by atoms with Gasteiger partial charge in [-0.3, -0.25) is 0 Å². The predicted octanol–water partition coefficient (Wildman–Crippen LogP) is 0.830. The number of nitrogens with one attached hydrogen (secondary N) is 1. The molecule has 0 amide bonds. The minimum Gasteiger partial charge on any atom is -0.354 e. The molecule has 2 aromatic rings. The molecule has 2 heterocycles. The molecular formula is C10H12N4O. The Kier molecular flexibility index (Phi) is 2.37. The molecule has 0 saturated heterocycles. The Labute approximate surface area is 86.8 Å². The van der Waals surface area contributed by atoms with Gasteiger partial charge in [0.05, 0.1) is 0 Å². The number of anilines is 1. The van der Waals surface area contributed by atoms with E-state index in [-0.39, 0.29) is 5.69 Å². The first-order valence-corrected chi connectivity index (χ1v) is 4.82. The van der Waals surface area contributed by atoms with Crippen LogP contribution in [0.4, 0.5) is 5.95 Å². The Morgan fingerprint density at radius 3 is 2.93 bits per heavy atom. The van der Waals surface area contributed by atoms with Gasteiger partial charge >= 0.3 is 5.69 Å². The Morgan fingerprint density at radius 1 is 1.40 bits per heavy atom. The lowest BCUT2D eigenvalue weighted by Gasteiger charge is -2.05. The maximum Gasteiger partial charge on any atom is 0.356 e. The summed E-state index contributed by atoms with van der Waals surface area (Å²) in [5.74, 6) is 0.383. The van der Waals surface area contributed by atoms with Crippen LogP contribution in [0.5, 0.6) is 0 Å². The smallest absolute Gasteiger partial charge is 0.354 e. The largest absolute Gasteiger partial charge is 0.356 e. The van der Waals surface area contributed by atoms with Crippen LogP contribution in [0.15, 0.2) is 23.0 Å². The topological polar surface area (TPSA) is 59.3 Å². The van der Waals surface area contributed by atoms with Crippen molar-refractivity contribution >= 4 is 11.6 Å². The molecular weight excluding hydrogens is 192 g/mol. The first-order valence-electron chi connectivity index (χ1n) is 4.82. The Balaban J connectivity index is 2.73. The fraction of sp³-hybridized carbons (Fsp3) is 0.300. The molecule has 0 bridgehead atoms. The number of aryl methyl sites for hydroxylation is 1. The Bertz CT molecular complexity index is 547. The zero-order chi connectivity index (χ0) is 10.8. The van der Waals surface area contributed by atoms with Gasteiger partial charge in [-0.25, -0.2) is 9.20 Å². The lowest BCUT2D eigenvalue weighted by molar-refractivity contribution is 0.905. The average Bonchev–Trinajstić information content (AvgIpc) is 2.17. The van der Waals surface area contributed by atoms with E-state index in [9.17, 15) is 4.79 Å². The van der Waals surface area contributed by atoms with E-state index in [0.717, 1.165) is 5.69 Å². The molecule has 0 aromatic carbocycles. The summed E-state index contributed by atoms with van der Waals surface area (Å²) in [5.41, 5.74) is 1.15. The molecule has 0 spiro atoms. The van der Waals surface area contributed by atoms with Crippen LogP contribution in [0.1, 0.15) is 12.6 Å². The monoisotopic (exact) mass is 204 g/mol. The second-order valence-corrected chi connectivity index (χ2v) is 3.22. The minimum absolute atomic E-state index is 0.297. The van der Waals surface area contributed by atoms with Gasteiger partial charge in [-0.15, -0.1) is 0 Å². The number of fused-ring (bicyclic) bond motifs is 1. The summed E-state index contributed by atoms with van der Waals surface area (Å²) in [6, 6.07) is 5.51. The third-order valence-electron chi connectivity index (χ3n) is 2.11. The second kappa shape index (κ2) is 3.68. The van der Waals surface area contributed by atoms with Gasteiger partial charge in [0.2, 0.25) is 5.95 Å². The van der Waals surface area contributed by atoms with Crippen LogP contribution in [-0.2, 0) is 0 Å². The molecule has 0 aliphatic rings. The van der Waals surface area contributed by atoms with Gasteiger partial charge in [0.25, 0.3) is 0 Å². The lowest BCUT2D eigenvalue weighted by Crippen LogP contribution is -2.22. The van der Waals surface area contributed by atoms with Crippen LogP contribution in [0.3, 0.4) is 0 Å². The first-order chi connectivity index (χ1) is 7.22. The molecule has 0 atom stereocenters. The highest BCUT2D eigenvalue weighted by atomic mass is 16.1. The quantitative estimate of drug-likeness (QED) is 0.787. The number of pyridine rings is 1. The maximum atomic E-state index is 11.7. The zero-order valence-corrected chi connectivity index (χ0v) is 8.69. The predicted molar refractivity (Wildman–Crippen MR) is 58.2 cm³/mol. The first kappa shape index (κ1) is 9.64. The van der Waals surface area contributed by atoms with Crippen LogP contribution in [0.2, 0.25) is 0 Å². The summed E-state index contributed by atoms with van der Waals surface area (Å²) in [5, 5.41) is 2.92. The summed E-state index contributed by atoms with van der Waals surface area (Å²) < 4.78 is 1.49. The Hall–Kier alpha value is -1.91. The van der Waals surface area contributed by atoms with E-state index in [1.807, 2.05) is 26.0 Å². The van der Waals surface area contributed by atoms with Gasteiger partial charge in [0.1, 0.15) is 5.65 Å². The lowest BCUT2D eigenvalue weighted by atomic mass is 10.4. The van der Waals surface area contributed by atoms with Crippen LogP contribution in [0, 0.1) is 6.92 Å². The van der Waals surface area contributed by atoms with Crippen molar-refractivity contribution in [3.8, 4) is 0 Å². The van der Waals surface area contributed by atoms with E-state index in [0.29, 0.717) is 18.1 Å².